The van der Waals surface area contributed by atoms with Gasteiger partial charge in [0.25, 0.3) is 11.8 Å². The van der Waals surface area contributed by atoms with E-state index in [2.05, 4.69) is 10.3 Å². The summed E-state index contributed by atoms with van der Waals surface area (Å²) in [6.45, 7) is 0.442. The number of hydrogen-bond donors (Lipinski definition) is 1. The van der Waals surface area contributed by atoms with Gasteiger partial charge in [0.15, 0.2) is 6.61 Å². The molecule has 0 aliphatic carbocycles. The number of carbonyl (C=O) groups excluding carboxylic acids is 2. The maximum Gasteiger partial charge on any atom is 0.265 e. The first-order chi connectivity index (χ1) is 13.2. The highest BCUT2D eigenvalue weighted by Crippen LogP contribution is 2.35. The normalized spacial score (nSPS) is 12.9. The van der Waals surface area contributed by atoms with Crippen LogP contribution < -0.4 is 15.0 Å². The van der Waals surface area contributed by atoms with Crippen LogP contribution in [0.1, 0.15) is 15.9 Å². The Balaban J connectivity index is 1.61. The first-order valence-corrected chi connectivity index (χ1v) is 8.53. The van der Waals surface area contributed by atoms with Crippen LogP contribution in [0, 0.1) is 0 Å². The topological polar surface area (TPSA) is 71.5 Å². The third-order valence-corrected chi connectivity index (χ3v) is 4.27. The molecule has 1 aliphatic heterocycles. The Kier molecular flexibility index (Phi) is 4.53. The van der Waals surface area contributed by atoms with E-state index in [1.54, 1.807) is 41.4 Å². The number of benzene rings is 2. The predicted octanol–water partition coefficient (Wildman–Crippen LogP) is 3.26. The maximum absolute atomic E-state index is 12.4. The van der Waals surface area contributed by atoms with Crippen molar-refractivity contribution in [2.75, 3.05) is 16.8 Å². The Morgan fingerprint density at radius 3 is 2.74 bits per heavy atom. The van der Waals surface area contributed by atoms with Gasteiger partial charge in [0.2, 0.25) is 0 Å². The van der Waals surface area contributed by atoms with Gasteiger partial charge in [-0.25, -0.2) is 0 Å². The molecule has 27 heavy (non-hydrogen) atoms. The fourth-order valence-corrected chi connectivity index (χ4v) is 2.92. The van der Waals surface area contributed by atoms with Crippen molar-refractivity contribution in [3.05, 3.63) is 84.2 Å². The summed E-state index contributed by atoms with van der Waals surface area (Å²) in [7, 11) is 0. The SMILES string of the molecule is O=C(Nc1ccc2c(c1)N(Cc1ccccc1)C(=O)CO2)c1cccnc1. The first kappa shape index (κ1) is 16.8. The van der Waals surface area contributed by atoms with Crippen LogP contribution in [0.5, 0.6) is 5.75 Å². The average molecular weight is 359 g/mol. The van der Waals surface area contributed by atoms with Crippen LogP contribution in [0.2, 0.25) is 0 Å². The van der Waals surface area contributed by atoms with Crippen molar-refractivity contribution in [2.24, 2.45) is 0 Å². The number of fused-ring (bicyclic) bond motifs is 1. The lowest BCUT2D eigenvalue weighted by atomic mass is 10.1. The lowest BCUT2D eigenvalue weighted by Crippen LogP contribution is -2.38. The third-order valence-electron chi connectivity index (χ3n) is 4.27. The van der Waals surface area contributed by atoms with Crippen LogP contribution >= 0.6 is 0 Å². The Labute approximate surface area is 156 Å². The molecule has 0 atom stereocenters. The highest BCUT2D eigenvalue weighted by molar-refractivity contribution is 6.05. The number of hydrogen-bond acceptors (Lipinski definition) is 4. The van der Waals surface area contributed by atoms with Crippen LogP contribution in [0.25, 0.3) is 0 Å². The molecule has 1 aliphatic rings. The van der Waals surface area contributed by atoms with Crippen LogP contribution in [0.3, 0.4) is 0 Å². The molecule has 1 aromatic heterocycles. The summed E-state index contributed by atoms with van der Waals surface area (Å²) in [6, 6.07) is 18.4. The molecule has 2 heterocycles. The largest absolute Gasteiger partial charge is 0.482 e. The van der Waals surface area contributed by atoms with E-state index < -0.39 is 0 Å². The van der Waals surface area contributed by atoms with E-state index in [9.17, 15) is 9.59 Å². The number of rotatable bonds is 4. The number of ether oxygens (including phenoxy) is 1. The van der Waals surface area contributed by atoms with Crippen molar-refractivity contribution >= 4 is 23.2 Å². The molecule has 0 fully saturated rings. The van der Waals surface area contributed by atoms with E-state index >= 15 is 0 Å². The highest BCUT2D eigenvalue weighted by Gasteiger charge is 2.26. The molecular formula is C21H17N3O3. The van der Waals surface area contributed by atoms with E-state index in [0.29, 0.717) is 29.2 Å². The second kappa shape index (κ2) is 7.29. The van der Waals surface area contributed by atoms with Crippen molar-refractivity contribution < 1.29 is 14.3 Å². The zero-order valence-corrected chi connectivity index (χ0v) is 14.5. The summed E-state index contributed by atoms with van der Waals surface area (Å²) < 4.78 is 5.53. The number of nitrogens with zero attached hydrogens (tertiary/aromatic N) is 2. The van der Waals surface area contributed by atoms with Gasteiger partial charge in [-0.3, -0.25) is 14.6 Å². The fourth-order valence-electron chi connectivity index (χ4n) is 2.92. The van der Waals surface area contributed by atoms with Gasteiger partial charge in [-0.2, -0.15) is 0 Å². The second-order valence-electron chi connectivity index (χ2n) is 6.13. The molecule has 0 radical (unpaired) electrons. The molecule has 0 saturated heterocycles. The quantitative estimate of drug-likeness (QED) is 0.776. The van der Waals surface area contributed by atoms with Gasteiger partial charge in [-0.15, -0.1) is 0 Å². The number of carbonyl (C=O) groups is 2. The molecule has 1 N–H and O–H groups in total. The zero-order valence-electron chi connectivity index (χ0n) is 14.5. The smallest absolute Gasteiger partial charge is 0.265 e. The van der Waals surface area contributed by atoms with Crippen LogP contribution in [-0.4, -0.2) is 23.4 Å². The molecule has 4 rings (SSSR count). The standard InChI is InChI=1S/C21H17N3O3/c25-20-14-27-19-9-8-17(23-21(26)16-7-4-10-22-12-16)11-18(19)24(20)13-15-5-2-1-3-6-15/h1-12H,13-14H2,(H,23,26). The van der Waals surface area contributed by atoms with Gasteiger partial charge < -0.3 is 15.0 Å². The summed E-state index contributed by atoms with van der Waals surface area (Å²) >= 11 is 0. The van der Waals surface area contributed by atoms with Gasteiger partial charge in [-0.1, -0.05) is 30.3 Å². The molecule has 134 valence electrons. The Bertz CT molecular complexity index is 974. The second-order valence-corrected chi connectivity index (χ2v) is 6.13. The highest BCUT2D eigenvalue weighted by atomic mass is 16.5. The summed E-state index contributed by atoms with van der Waals surface area (Å²) in [5, 5.41) is 2.84. The number of aromatic nitrogens is 1. The van der Waals surface area contributed by atoms with Gasteiger partial charge >= 0.3 is 0 Å². The monoisotopic (exact) mass is 359 g/mol. The summed E-state index contributed by atoms with van der Waals surface area (Å²) in [5.41, 5.74) is 2.70. The molecule has 0 unspecified atom stereocenters. The van der Waals surface area contributed by atoms with Crippen LogP contribution in [0.15, 0.2) is 73.1 Å². The minimum atomic E-state index is -0.263. The third kappa shape index (κ3) is 3.64. The van der Waals surface area contributed by atoms with Crippen molar-refractivity contribution in [1.29, 1.82) is 0 Å². The van der Waals surface area contributed by atoms with Gasteiger partial charge in [0.05, 0.1) is 17.8 Å². The van der Waals surface area contributed by atoms with Crippen molar-refractivity contribution in [2.45, 2.75) is 6.54 Å². The first-order valence-electron chi connectivity index (χ1n) is 8.53. The summed E-state index contributed by atoms with van der Waals surface area (Å²) in [4.78, 5) is 30.4. The van der Waals surface area contributed by atoms with Crippen molar-refractivity contribution in [3.63, 3.8) is 0 Å². The van der Waals surface area contributed by atoms with Gasteiger partial charge in [0.1, 0.15) is 5.75 Å². The number of nitrogens with one attached hydrogen (secondary N) is 1. The molecule has 0 saturated carbocycles. The van der Waals surface area contributed by atoms with Crippen LogP contribution in [0.4, 0.5) is 11.4 Å². The average Bonchev–Trinajstić information content (AvgIpc) is 2.72. The molecular weight excluding hydrogens is 342 g/mol. The Hall–Kier alpha value is -3.67. The predicted molar refractivity (Wildman–Crippen MR) is 102 cm³/mol. The van der Waals surface area contributed by atoms with E-state index in [0.717, 1.165) is 5.56 Å². The number of amides is 2. The summed E-state index contributed by atoms with van der Waals surface area (Å²) in [5.74, 6) is 0.229. The number of anilines is 2. The van der Waals surface area contributed by atoms with Gasteiger partial charge in [0, 0.05) is 18.1 Å². The maximum atomic E-state index is 12.4. The lowest BCUT2D eigenvalue weighted by molar-refractivity contribution is -0.121. The van der Waals surface area contributed by atoms with E-state index in [4.69, 9.17) is 4.74 Å². The number of pyridine rings is 1. The zero-order chi connectivity index (χ0) is 18.6. The minimum Gasteiger partial charge on any atom is -0.482 e. The van der Waals surface area contributed by atoms with Crippen molar-refractivity contribution in [3.8, 4) is 5.75 Å². The van der Waals surface area contributed by atoms with Crippen LogP contribution in [-0.2, 0) is 11.3 Å². The molecule has 2 aromatic carbocycles. The molecule has 3 aromatic rings. The minimum absolute atomic E-state index is 0.00121. The molecule has 0 bridgehead atoms. The van der Waals surface area contributed by atoms with E-state index in [-0.39, 0.29) is 18.4 Å². The Morgan fingerprint density at radius 2 is 1.96 bits per heavy atom. The lowest BCUT2D eigenvalue weighted by Gasteiger charge is -2.30. The van der Waals surface area contributed by atoms with E-state index in [1.807, 2.05) is 30.3 Å². The fraction of sp³-hybridized carbons (Fsp3) is 0.0952. The molecule has 6 heteroatoms. The molecule has 2 amide bonds. The van der Waals surface area contributed by atoms with E-state index in [1.165, 1.54) is 6.20 Å². The molecule has 6 nitrogen and oxygen atoms in total. The molecule has 0 spiro atoms. The van der Waals surface area contributed by atoms with Gasteiger partial charge in [-0.05, 0) is 35.9 Å². The summed E-state index contributed by atoms with van der Waals surface area (Å²) in [6.07, 6.45) is 3.11. The van der Waals surface area contributed by atoms with Crippen molar-refractivity contribution in [1.82, 2.24) is 4.98 Å². The Morgan fingerprint density at radius 1 is 1.11 bits per heavy atom.